The highest BCUT2D eigenvalue weighted by atomic mass is 16.4. The van der Waals surface area contributed by atoms with E-state index in [0.717, 1.165) is 11.3 Å². The molecule has 0 amide bonds. The SMILES string of the molecule is Cc1cc(C(C(=O)O)C(C)C)co1. The lowest BCUT2D eigenvalue weighted by molar-refractivity contribution is -0.139. The lowest BCUT2D eigenvalue weighted by Crippen LogP contribution is -2.16. The van der Waals surface area contributed by atoms with E-state index in [-0.39, 0.29) is 5.92 Å². The van der Waals surface area contributed by atoms with Gasteiger partial charge in [0.2, 0.25) is 0 Å². The Labute approximate surface area is 77.4 Å². The quantitative estimate of drug-likeness (QED) is 0.780. The molecule has 1 aromatic rings. The van der Waals surface area contributed by atoms with Crippen molar-refractivity contribution >= 4 is 5.97 Å². The van der Waals surface area contributed by atoms with Gasteiger partial charge in [-0.15, -0.1) is 0 Å². The minimum Gasteiger partial charge on any atom is -0.481 e. The Morgan fingerprint density at radius 3 is 2.46 bits per heavy atom. The number of furan rings is 1. The molecule has 13 heavy (non-hydrogen) atoms. The van der Waals surface area contributed by atoms with E-state index in [1.54, 1.807) is 6.07 Å². The van der Waals surface area contributed by atoms with Crippen molar-refractivity contribution in [3.8, 4) is 0 Å². The summed E-state index contributed by atoms with van der Waals surface area (Å²) >= 11 is 0. The van der Waals surface area contributed by atoms with Crippen molar-refractivity contribution in [2.75, 3.05) is 0 Å². The highest BCUT2D eigenvalue weighted by Gasteiger charge is 2.24. The van der Waals surface area contributed by atoms with E-state index in [9.17, 15) is 4.79 Å². The van der Waals surface area contributed by atoms with Crippen molar-refractivity contribution < 1.29 is 14.3 Å². The van der Waals surface area contributed by atoms with Gasteiger partial charge in [-0.25, -0.2) is 0 Å². The van der Waals surface area contributed by atoms with Gasteiger partial charge in [0.05, 0.1) is 12.2 Å². The molecule has 0 radical (unpaired) electrons. The molecule has 1 rings (SSSR count). The van der Waals surface area contributed by atoms with Gasteiger partial charge in [0.15, 0.2) is 0 Å². The number of aliphatic carboxylic acids is 1. The molecule has 0 aromatic carbocycles. The van der Waals surface area contributed by atoms with Crippen LogP contribution >= 0.6 is 0 Å². The van der Waals surface area contributed by atoms with Gasteiger partial charge in [-0.1, -0.05) is 13.8 Å². The Kier molecular flexibility index (Phi) is 2.76. The fraction of sp³-hybridized carbons (Fsp3) is 0.500. The minimum atomic E-state index is -0.796. The topological polar surface area (TPSA) is 50.4 Å². The van der Waals surface area contributed by atoms with Crippen LogP contribution in [0, 0.1) is 12.8 Å². The number of rotatable bonds is 3. The molecule has 1 atom stereocenters. The Morgan fingerprint density at radius 2 is 2.15 bits per heavy atom. The first-order chi connectivity index (χ1) is 6.02. The molecule has 0 saturated carbocycles. The van der Waals surface area contributed by atoms with Crippen LogP contribution in [0.2, 0.25) is 0 Å². The van der Waals surface area contributed by atoms with Gasteiger partial charge < -0.3 is 9.52 Å². The van der Waals surface area contributed by atoms with Crippen LogP contribution in [-0.4, -0.2) is 11.1 Å². The molecule has 1 unspecified atom stereocenters. The van der Waals surface area contributed by atoms with E-state index >= 15 is 0 Å². The first-order valence-electron chi connectivity index (χ1n) is 4.30. The summed E-state index contributed by atoms with van der Waals surface area (Å²) in [6, 6.07) is 1.78. The fourth-order valence-electron chi connectivity index (χ4n) is 1.44. The monoisotopic (exact) mass is 182 g/mol. The van der Waals surface area contributed by atoms with E-state index in [1.807, 2.05) is 20.8 Å². The van der Waals surface area contributed by atoms with E-state index in [0.29, 0.717) is 0 Å². The van der Waals surface area contributed by atoms with Crippen molar-refractivity contribution in [1.82, 2.24) is 0 Å². The van der Waals surface area contributed by atoms with Gasteiger partial charge in [-0.2, -0.15) is 0 Å². The molecular formula is C10H14O3. The summed E-state index contributed by atoms with van der Waals surface area (Å²) < 4.78 is 5.08. The second kappa shape index (κ2) is 3.64. The molecule has 3 heteroatoms. The first kappa shape index (κ1) is 9.84. The smallest absolute Gasteiger partial charge is 0.311 e. The molecule has 1 heterocycles. The van der Waals surface area contributed by atoms with Gasteiger partial charge >= 0.3 is 5.97 Å². The molecule has 0 fully saturated rings. The number of hydrogen-bond donors (Lipinski definition) is 1. The first-order valence-corrected chi connectivity index (χ1v) is 4.30. The zero-order valence-electron chi connectivity index (χ0n) is 8.07. The molecule has 3 nitrogen and oxygen atoms in total. The van der Waals surface area contributed by atoms with Crippen LogP contribution in [0.1, 0.15) is 31.1 Å². The maximum absolute atomic E-state index is 10.9. The van der Waals surface area contributed by atoms with Gasteiger partial charge in [-0.3, -0.25) is 4.79 Å². The van der Waals surface area contributed by atoms with Crippen molar-refractivity contribution in [1.29, 1.82) is 0 Å². The third kappa shape index (κ3) is 2.11. The predicted molar refractivity (Wildman–Crippen MR) is 48.7 cm³/mol. The van der Waals surface area contributed by atoms with Crippen molar-refractivity contribution in [3.05, 3.63) is 23.7 Å². The van der Waals surface area contributed by atoms with Crippen LogP contribution in [0.25, 0.3) is 0 Å². The average molecular weight is 182 g/mol. The normalized spacial score (nSPS) is 13.2. The molecule has 1 N–H and O–H groups in total. The zero-order chi connectivity index (χ0) is 10.0. The van der Waals surface area contributed by atoms with Crippen molar-refractivity contribution in [2.24, 2.45) is 5.92 Å². The largest absolute Gasteiger partial charge is 0.481 e. The van der Waals surface area contributed by atoms with Crippen LogP contribution in [0.5, 0.6) is 0 Å². The zero-order valence-corrected chi connectivity index (χ0v) is 8.07. The van der Waals surface area contributed by atoms with Crippen LogP contribution in [0.3, 0.4) is 0 Å². The fourth-order valence-corrected chi connectivity index (χ4v) is 1.44. The molecule has 0 spiro atoms. The van der Waals surface area contributed by atoms with E-state index in [4.69, 9.17) is 9.52 Å². The lowest BCUT2D eigenvalue weighted by atomic mass is 9.90. The second-order valence-corrected chi connectivity index (χ2v) is 3.55. The summed E-state index contributed by atoms with van der Waals surface area (Å²) in [5.41, 5.74) is 0.750. The highest BCUT2D eigenvalue weighted by Crippen LogP contribution is 2.26. The summed E-state index contributed by atoms with van der Waals surface area (Å²) in [7, 11) is 0. The number of aryl methyl sites for hydroxylation is 1. The third-order valence-corrected chi connectivity index (χ3v) is 2.04. The van der Waals surface area contributed by atoms with E-state index in [1.165, 1.54) is 6.26 Å². The molecule has 0 aliphatic carbocycles. The van der Waals surface area contributed by atoms with E-state index in [2.05, 4.69) is 0 Å². The van der Waals surface area contributed by atoms with Crippen molar-refractivity contribution in [3.63, 3.8) is 0 Å². The van der Waals surface area contributed by atoms with E-state index < -0.39 is 11.9 Å². The van der Waals surface area contributed by atoms with Gasteiger partial charge in [0, 0.05) is 5.56 Å². The molecule has 0 bridgehead atoms. The molecular weight excluding hydrogens is 168 g/mol. The van der Waals surface area contributed by atoms with Gasteiger partial charge in [-0.05, 0) is 18.9 Å². The standard InChI is InChI=1S/C10H14O3/c1-6(2)9(10(11)12)8-4-7(3)13-5-8/h4-6,9H,1-3H3,(H,11,12). The Morgan fingerprint density at radius 1 is 1.54 bits per heavy atom. The Balaban J connectivity index is 2.95. The summed E-state index contributed by atoms with van der Waals surface area (Å²) in [6.07, 6.45) is 1.52. The average Bonchev–Trinajstić information content (AvgIpc) is 2.34. The van der Waals surface area contributed by atoms with Gasteiger partial charge in [0.1, 0.15) is 5.76 Å². The van der Waals surface area contributed by atoms with Gasteiger partial charge in [0.25, 0.3) is 0 Å². The Hall–Kier alpha value is -1.25. The summed E-state index contributed by atoms with van der Waals surface area (Å²) in [5, 5.41) is 8.96. The van der Waals surface area contributed by atoms with Crippen LogP contribution in [0.15, 0.2) is 16.7 Å². The maximum atomic E-state index is 10.9. The number of carboxylic acids is 1. The molecule has 72 valence electrons. The molecule has 0 aliphatic rings. The van der Waals surface area contributed by atoms with Crippen LogP contribution in [-0.2, 0) is 4.79 Å². The van der Waals surface area contributed by atoms with Crippen LogP contribution < -0.4 is 0 Å². The molecule has 1 aromatic heterocycles. The summed E-state index contributed by atoms with van der Waals surface area (Å²) in [6.45, 7) is 5.59. The molecule has 0 saturated heterocycles. The summed E-state index contributed by atoms with van der Waals surface area (Å²) in [5.74, 6) is -0.426. The second-order valence-electron chi connectivity index (χ2n) is 3.55. The number of hydrogen-bond acceptors (Lipinski definition) is 2. The number of carbonyl (C=O) groups is 1. The minimum absolute atomic E-state index is 0.0782. The Bertz CT molecular complexity index is 299. The van der Waals surface area contributed by atoms with Crippen molar-refractivity contribution in [2.45, 2.75) is 26.7 Å². The van der Waals surface area contributed by atoms with Crippen LogP contribution in [0.4, 0.5) is 0 Å². The highest BCUT2D eigenvalue weighted by molar-refractivity contribution is 5.76. The summed E-state index contributed by atoms with van der Waals surface area (Å²) in [4.78, 5) is 10.9. The lowest BCUT2D eigenvalue weighted by Gasteiger charge is -2.13. The maximum Gasteiger partial charge on any atom is 0.311 e. The third-order valence-electron chi connectivity index (χ3n) is 2.04. The number of carboxylic acid groups (broad SMARTS) is 1. The molecule has 0 aliphatic heterocycles. The predicted octanol–water partition coefficient (Wildman–Crippen LogP) is 2.41.